The predicted molar refractivity (Wildman–Crippen MR) is 78.1 cm³/mol. The van der Waals surface area contributed by atoms with Crippen LogP contribution < -0.4 is 0 Å². The summed E-state index contributed by atoms with van der Waals surface area (Å²) in [6.07, 6.45) is 3.60. The molecule has 0 aliphatic carbocycles. The maximum absolute atomic E-state index is 12.7. The number of aliphatic carboxylic acids is 1. The normalized spacial score (nSPS) is 31.3. The smallest absolute Gasteiger partial charge is 0.320 e. The molecule has 0 saturated carbocycles. The summed E-state index contributed by atoms with van der Waals surface area (Å²) in [6, 6.07) is 0.892. The van der Waals surface area contributed by atoms with Crippen molar-refractivity contribution in [3.63, 3.8) is 0 Å². The summed E-state index contributed by atoms with van der Waals surface area (Å²) >= 11 is 0. The van der Waals surface area contributed by atoms with Gasteiger partial charge in [-0.1, -0.05) is 0 Å². The van der Waals surface area contributed by atoms with Gasteiger partial charge in [-0.3, -0.25) is 9.69 Å². The van der Waals surface area contributed by atoms with Crippen molar-refractivity contribution in [2.45, 2.75) is 44.7 Å². The summed E-state index contributed by atoms with van der Waals surface area (Å²) in [6.45, 7) is 6.25. The van der Waals surface area contributed by atoms with Gasteiger partial charge in [0.2, 0.25) is 0 Å². The molecule has 3 heterocycles. The molecule has 3 saturated heterocycles. The minimum Gasteiger partial charge on any atom is -0.481 e. The number of carbonyl (C=O) groups excluding carboxylic acids is 1. The molecule has 3 rings (SSSR count). The van der Waals surface area contributed by atoms with Crippen molar-refractivity contribution >= 4 is 12.0 Å². The Morgan fingerprint density at radius 3 is 2.43 bits per heavy atom. The fourth-order valence-electron chi connectivity index (χ4n) is 3.95. The average Bonchev–Trinajstić information content (AvgIpc) is 2.93. The Morgan fingerprint density at radius 1 is 1.05 bits per heavy atom. The number of fused-ring (bicyclic) bond motifs is 1. The molecular weight excluding hydrogens is 270 g/mol. The number of rotatable bonds is 1. The van der Waals surface area contributed by atoms with Gasteiger partial charge in [-0.05, 0) is 39.2 Å². The molecule has 2 amide bonds. The zero-order valence-electron chi connectivity index (χ0n) is 12.7. The number of amides is 2. The van der Waals surface area contributed by atoms with E-state index in [4.69, 9.17) is 5.11 Å². The van der Waals surface area contributed by atoms with Crippen LogP contribution in [0, 0.1) is 5.92 Å². The zero-order valence-corrected chi connectivity index (χ0v) is 12.7. The number of piperidine rings is 1. The molecule has 3 aliphatic heterocycles. The van der Waals surface area contributed by atoms with Crippen LogP contribution in [0.25, 0.3) is 0 Å². The lowest BCUT2D eigenvalue weighted by Crippen LogP contribution is -2.60. The quantitative estimate of drug-likeness (QED) is 0.786. The Hall–Kier alpha value is -1.30. The molecule has 3 aliphatic rings. The second-order valence-electron chi connectivity index (χ2n) is 6.67. The number of nitrogens with zero attached hydrogens (tertiary/aromatic N) is 3. The van der Waals surface area contributed by atoms with E-state index in [-0.39, 0.29) is 18.0 Å². The number of likely N-dealkylation sites (tertiary alicyclic amines) is 1. The van der Waals surface area contributed by atoms with E-state index in [0.29, 0.717) is 32.0 Å². The van der Waals surface area contributed by atoms with Gasteiger partial charge >= 0.3 is 12.0 Å². The topological polar surface area (TPSA) is 64.1 Å². The Bertz CT molecular complexity index is 420. The van der Waals surface area contributed by atoms with Crippen LogP contribution in [0.4, 0.5) is 4.79 Å². The summed E-state index contributed by atoms with van der Waals surface area (Å²) < 4.78 is 0. The van der Waals surface area contributed by atoms with Gasteiger partial charge in [-0.15, -0.1) is 0 Å². The number of piperazine rings is 1. The van der Waals surface area contributed by atoms with E-state index in [1.807, 2.05) is 9.80 Å². The molecule has 2 unspecified atom stereocenters. The number of carboxylic acids is 1. The van der Waals surface area contributed by atoms with E-state index in [2.05, 4.69) is 11.8 Å². The molecule has 2 atom stereocenters. The highest BCUT2D eigenvalue weighted by Gasteiger charge is 2.38. The average molecular weight is 295 g/mol. The van der Waals surface area contributed by atoms with Crippen LogP contribution in [0.15, 0.2) is 0 Å². The van der Waals surface area contributed by atoms with Gasteiger partial charge < -0.3 is 14.9 Å². The minimum absolute atomic E-state index is 0.109. The number of hydrogen-bond acceptors (Lipinski definition) is 3. The van der Waals surface area contributed by atoms with E-state index in [1.165, 1.54) is 19.4 Å². The van der Waals surface area contributed by atoms with Crippen molar-refractivity contribution in [2.75, 3.05) is 32.7 Å². The SMILES string of the molecule is CC1CN2CCCC2CN1C(=O)N1CCC(C(=O)O)CC1. The molecule has 1 N–H and O–H groups in total. The maximum atomic E-state index is 12.7. The molecule has 0 aromatic rings. The van der Waals surface area contributed by atoms with Crippen molar-refractivity contribution in [3.8, 4) is 0 Å². The summed E-state index contributed by atoms with van der Waals surface area (Å²) in [5.74, 6) is -1.01. The highest BCUT2D eigenvalue weighted by molar-refractivity contribution is 5.76. The van der Waals surface area contributed by atoms with Gasteiger partial charge in [-0.25, -0.2) is 4.79 Å². The van der Waals surface area contributed by atoms with Gasteiger partial charge in [0.05, 0.1) is 5.92 Å². The highest BCUT2D eigenvalue weighted by Crippen LogP contribution is 2.26. The molecule has 0 aromatic heterocycles. The Kier molecular flexibility index (Phi) is 4.06. The molecule has 21 heavy (non-hydrogen) atoms. The predicted octanol–water partition coefficient (Wildman–Crippen LogP) is 1.07. The summed E-state index contributed by atoms with van der Waals surface area (Å²) in [7, 11) is 0. The summed E-state index contributed by atoms with van der Waals surface area (Å²) in [4.78, 5) is 30.1. The molecule has 0 radical (unpaired) electrons. The Labute approximate surface area is 125 Å². The third kappa shape index (κ3) is 2.86. The van der Waals surface area contributed by atoms with Crippen LogP contribution in [0.5, 0.6) is 0 Å². The monoisotopic (exact) mass is 295 g/mol. The molecule has 6 nitrogen and oxygen atoms in total. The molecular formula is C15H25N3O3. The lowest BCUT2D eigenvalue weighted by molar-refractivity contribution is -0.143. The fraction of sp³-hybridized carbons (Fsp3) is 0.867. The first-order valence-corrected chi connectivity index (χ1v) is 8.08. The van der Waals surface area contributed by atoms with Crippen molar-refractivity contribution in [3.05, 3.63) is 0 Å². The van der Waals surface area contributed by atoms with Crippen LogP contribution in [0.3, 0.4) is 0 Å². The fourth-order valence-corrected chi connectivity index (χ4v) is 3.95. The second-order valence-corrected chi connectivity index (χ2v) is 6.67. The third-order valence-electron chi connectivity index (χ3n) is 5.30. The minimum atomic E-state index is -0.727. The van der Waals surface area contributed by atoms with Crippen LogP contribution in [-0.2, 0) is 4.79 Å². The van der Waals surface area contributed by atoms with Gasteiger partial charge in [0, 0.05) is 38.3 Å². The third-order valence-corrected chi connectivity index (χ3v) is 5.30. The zero-order chi connectivity index (χ0) is 15.0. The number of urea groups is 1. The molecule has 3 fully saturated rings. The maximum Gasteiger partial charge on any atom is 0.320 e. The van der Waals surface area contributed by atoms with E-state index < -0.39 is 5.97 Å². The summed E-state index contributed by atoms with van der Waals surface area (Å²) in [5, 5.41) is 9.04. The number of hydrogen-bond donors (Lipinski definition) is 1. The highest BCUT2D eigenvalue weighted by atomic mass is 16.4. The number of carboxylic acid groups (broad SMARTS) is 1. The van der Waals surface area contributed by atoms with Crippen LogP contribution in [0.1, 0.15) is 32.6 Å². The van der Waals surface area contributed by atoms with Crippen molar-refractivity contribution in [2.24, 2.45) is 5.92 Å². The van der Waals surface area contributed by atoms with E-state index in [1.54, 1.807) is 0 Å². The van der Waals surface area contributed by atoms with Gasteiger partial charge in [-0.2, -0.15) is 0 Å². The van der Waals surface area contributed by atoms with E-state index in [0.717, 1.165) is 13.1 Å². The summed E-state index contributed by atoms with van der Waals surface area (Å²) in [5.41, 5.74) is 0. The lowest BCUT2D eigenvalue weighted by atomic mass is 9.97. The van der Waals surface area contributed by atoms with Crippen molar-refractivity contribution < 1.29 is 14.7 Å². The van der Waals surface area contributed by atoms with E-state index in [9.17, 15) is 9.59 Å². The van der Waals surface area contributed by atoms with Crippen molar-refractivity contribution in [1.82, 2.24) is 14.7 Å². The second kappa shape index (κ2) is 5.83. The van der Waals surface area contributed by atoms with Crippen LogP contribution >= 0.6 is 0 Å². The van der Waals surface area contributed by atoms with Gasteiger partial charge in [0.15, 0.2) is 0 Å². The van der Waals surface area contributed by atoms with E-state index >= 15 is 0 Å². The van der Waals surface area contributed by atoms with Gasteiger partial charge in [0.1, 0.15) is 0 Å². The Morgan fingerprint density at radius 2 is 1.76 bits per heavy atom. The standard InChI is InChI=1S/C15H25N3O3/c1-11-9-17-6-2-3-13(17)10-18(11)15(21)16-7-4-12(5-8-16)14(19)20/h11-13H,2-10H2,1H3,(H,19,20). The largest absolute Gasteiger partial charge is 0.481 e. The lowest BCUT2D eigenvalue weighted by Gasteiger charge is -2.44. The molecule has 118 valence electrons. The van der Waals surface area contributed by atoms with Crippen molar-refractivity contribution in [1.29, 1.82) is 0 Å². The molecule has 0 spiro atoms. The first-order valence-electron chi connectivity index (χ1n) is 8.08. The van der Waals surface area contributed by atoms with Crippen LogP contribution in [-0.4, -0.2) is 76.6 Å². The molecule has 0 aromatic carbocycles. The first-order chi connectivity index (χ1) is 10.1. The van der Waals surface area contributed by atoms with Crippen LogP contribution in [0.2, 0.25) is 0 Å². The molecule has 0 bridgehead atoms. The molecule has 6 heteroatoms. The first kappa shape index (κ1) is 14.6. The Balaban J connectivity index is 1.59. The number of carbonyl (C=O) groups is 2. The van der Waals surface area contributed by atoms with Gasteiger partial charge in [0.25, 0.3) is 0 Å².